The Bertz CT molecular complexity index is 712. The van der Waals surface area contributed by atoms with Crippen molar-refractivity contribution in [2.75, 3.05) is 13.1 Å². The first-order valence-corrected chi connectivity index (χ1v) is 10.3. The van der Waals surface area contributed by atoms with Gasteiger partial charge in [-0.25, -0.2) is 8.78 Å². The van der Waals surface area contributed by atoms with E-state index in [0.717, 1.165) is 44.6 Å². The van der Waals surface area contributed by atoms with Crippen LogP contribution in [0.1, 0.15) is 51.0 Å². The molecule has 1 amide bonds. The van der Waals surface area contributed by atoms with Crippen molar-refractivity contribution < 1.29 is 13.6 Å². The molecule has 0 aromatic heterocycles. The molecular weight excluding hydrogens is 489 g/mol. The van der Waals surface area contributed by atoms with Crippen LogP contribution in [0, 0.1) is 17.6 Å². The summed E-state index contributed by atoms with van der Waals surface area (Å²) < 4.78 is 27.1. The van der Waals surface area contributed by atoms with E-state index in [0.29, 0.717) is 37.1 Å². The zero-order valence-corrected chi connectivity index (χ0v) is 19.2. The van der Waals surface area contributed by atoms with Gasteiger partial charge in [0.2, 0.25) is 5.91 Å². The summed E-state index contributed by atoms with van der Waals surface area (Å²) in [5, 5.41) is 9.72. The van der Waals surface area contributed by atoms with Crippen molar-refractivity contribution in [3.63, 3.8) is 0 Å². The number of benzene rings is 1. The van der Waals surface area contributed by atoms with Crippen molar-refractivity contribution in [2.24, 2.45) is 10.9 Å². The van der Waals surface area contributed by atoms with Crippen LogP contribution in [0.4, 0.5) is 8.78 Å². The quantitative estimate of drug-likeness (QED) is 0.293. The maximum absolute atomic E-state index is 13.8. The van der Waals surface area contributed by atoms with Gasteiger partial charge in [0.05, 0.1) is 0 Å². The Morgan fingerprint density at radius 3 is 2.66 bits per heavy atom. The number of guanidine groups is 1. The molecule has 29 heavy (non-hydrogen) atoms. The zero-order valence-electron chi connectivity index (χ0n) is 16.8. The first-order valence-electron chi connectivity index (χ1n) is 10.3. The van der Waals surface area contributed by atoms with Gasteiger partial charge < -0.3 is 16.0 Å². The lowest BCUT2D eigenvalue weighted by molar-refractivity contribution is -0.126. The highest BCUT2D eigenvalue weighted by molar-refractivity contribution is 14.0. The number of carbonyl (C=O) groups is 1. The largest absolute Gasteiger partial charge is 0.357 e. The molecule has 8 heteroatoms. The van der Waals surface area contributed by atoms with Crippen LogP contribution in [-0.2, 0) is 11.2 Å². The van der Waals surface area contributed by atoms with Crippen LogP contribution in [0.25, 0.3) is 0 Å². The summed E-state index contributed by atoms with van der Waals surface area (Å²) in [4.78, 5) is 16.8. The fourth-order valence-electron chi connectivity index (χ4n) is 3.65. The van der Waals surface area contributed by atoms with Crippen LogP contribution in [0.15, 0.2) is 23.2 Å². The second-order valence-corrected chi connectivity index (χ2v) is 7.71. The molecule has 0 bridgehead atoms. The van der Waals surface area contributed by atoms with Gasteiger partial charge >= 0.3 is 0 Å². The van der Waals surface area contributed by atoms with E-state index in [1.165, 1.54) is 6.07 Å². The Morgan fingerprint density at radius 2 is 1.93 bits per heavy atom. The molecule has 2 aliphatic carbocycles. The van der Waals surface area contributed by atoms with Crippen LogP contribution in [0.2, 0.25) is 0 Å². The van der Waals surface area contributed by atoms with E-state index < -0.39 is 11.6 Å². The van der Waals surface area contributed by atoms with Gasteiger partial charge in [0.15, 0.2) is 17.6 Å². The Balaban J connectivity index is 0.00000300. The number of amides is 1. The van der Waals surface area contributed by atoms with Gasteiger partial charge in [-0.15, -0.1) is 24.0 Å². The maximum atomic E-state index is 13.8. The lowest BCUT2D eigenvalue weighted by Gasteiger charge is -2.30. The van der Waals surface area contributed by atoms with E-state index in [1.54, 1.807) is 6.07 Å². The summed E-state index contributed by atoms with van der Waals surface area (Å²) in [6.45, 7) is 3.04. The molecule has 0 saturated heterocycles. The third-order valence-electron chi connectivity index (χ3n) is 5.34. The van der Waals surface area contributed by atoms with Gasteiger partial charge in [-0.3, -0.25) is 9.79 Å². The molecule has 3 rings (SSSR count). The number of rotatable bonds is 7. The Kier molecular flexibility index (Phi) is 9.58. The van der Waals surface area contributed by atoms with Crippen molar-refractivity contribution in [1.29, 1.82) is 0 Å². The van der Waals surface area contributed by atoms with Gasteiger partial charge in [-0.1, -0.05) is 18.6 Å². The Labute approximate surface area is 188 Å². The minimum Gasteiger partial charge on any atom is -0.357 e. The average Bonchev–Trinajstić information content (AvgIpc) is 3.49. The summed E-state index contributed by atoms with van der Waals surface area (Å²) in [6, 6.07) is 4.79. The van der Waals surface area contributed by atoms with Gasteiger partial charge in [0.1, 0.15) is 0 Å². The summed E-state index contributed by atoms with van der Waals surface area (Å²) in [5.74, 6) is -0.738. The molecule has 0 radical (unpaired) electrons. The Hall–Kier alpha value is -1.45. The number of hydrogen-bond acceptors (Lipinski definition) is 2. The number of nitrogens with zero attached hydrogens (tertiary/aromatic N) is 1. The monoisotopic (exact) mass is 520 g/mol. The molecule has 1 aromatic carbocycles. The number of nitrogens with one attached hydrogen (secondary N) is 3. The highest BCUT2D eigenvalue weighted by Gasteiger charge is 2.31. The second kappa shape index (κ2) is 11.7. The molecular formula is C21H31F2IN4O. The number of carbonyl (C=O) groups excluding carboxylic acids is 1. The third kappa shape index (κ3) is 7.38. The van der Waals surface area contributed by atoms with Gasteiger partial charge in [-0.2, -0.15) is 0 Å². The number of halogens is 3. The van der Waals surface area contributed by atoms with E-state index >= 15 is 0 Å². The molecule has 162 valence electrons. The molecule has 2 unspecified atom stereocenters. The fourth-order valence-corrected chi connectivity index (χ4v) is 3.65. The molecule has 3 N–H and O–H groups in total. The van der Waals surface area contributed by atoms with E-state index in [1.807, 2.05) is 6.92 Å². The minimum atomic E-state index is -0.829. The number of aliphatic imine (C=N–C) groups is 1. The third-order valence-corrected chi connectivity index (χ3v) is 5.34. The van der Waals surface area contributed by atoms with Crippen molar-refractivity contribution in [1.82, 2.24) is 16.0 Å². The van der Waals surface area contributed by atoms with E-state index in [2.05, 4.69) is 20.9 Å². The standard InChI is InChI=1S/C21H30F2N4O.HI/c1-2-24-21(25-12-11-14-5-4-8-18(22)19(14)23)27-17-7-3-6-15(13-17)20(28)26-16-9-10-16;/h4-5,8,15-17H,2-3,6-7,9-13H2,1H3,(H,26,28)(H2,24,25,27);1H. The maximum Gasteiger partial charge on any atom is 0.223 e. The van der Waals surface area contributed by atoms with Crippen LogP contribution in [0.3, 0.4) is 0 Å². The second-order valence-electron chi connectivity index (χ2n) is 7.71. The van der Waals surface area contributed by atoms with Gasteiger partial charge in [-0.05, 0) is 57.1 Å². The van der Waals surface area contributed by atoms with Crippen molar-refractivity contribution in [3.05, 3.63) is 35.4 Å². The topological polar surface area (TPSA) is 65.5 Å². The zero-order chi connectivity index (χ0) is 19.9. The molecule has 0 heterocycles. The van der Waals surface area contributed by atoms with E-state index in [-0.39, 0.29) is 41.8 Å². The Morgan fingerprint density at radius 1 is 1.14 bits per heavy atom. The average molecular weight is 520 g/mol. The van der Waals surface area contributed by atoms with Crippen molar-refractivity contribution in [2.45, 2.75) is 64.0 Å². The SMILES string of the molecule is CCNC(=NCCc1cccc(F)c1F)NC1CCCC(C(=O)NC2CC2)C1.I. The molecule has 2 saturated carbocycles. The molecule has 0 aliphatic heterocycles. The van der Waals surface area contributed by atoms with Crippen LogP contribution < -0.4 is 16.0 Å². The lowest BCUT2D eigenvalue weighted by Crippen LogP contribution is -2.47. The molecule has 5 nitrogen and oxygen atoms in total. The molecule has 2 atom stereocenters. The van der Waals surface area contributed by atoms with Crippen LogP contribution >= 0.6 is 24.0 Å². The number of hydrogen-bond donors (Lipinski definition) is 3. The minimum absolute atomic E-state index is 0. The first kappa shape index (κ1) is 23.8. The lowest BCUT2D eigenvalue weighted by atomic mass is 9.85. The fraction of sp³-hybridized carbons (Fsp3) is 0.619. The van der Waals surface area contributed by atoms with E-state index in [9.17, 15) is 13.6 Å². The highest BCUT2D eigenvalue weighted by Crippen LogP contribution is 2.26. The van der Waals surface area contributed by atoms with Gasteiger partial charge in [0.25, 0.3) is 0 Å². The summed E-state index contributed by atoms with van der Waals surface area (Å²) in [5.41, 5.74) is 0.328. The smallest absolute Gasteiger partial charge is 0.223 e. The predicted octanol–water partition coefficient (Wildman–Crippen LogP) is 3.52. The molecule has 0 spiro atoms. The normalized spacial score (nSPS) is 21.8. The molecule has 1 aromatic rings. The predicted molar refractivity (Wildman–Crippen MR) is 122 cm³/mol. The summed E-state index contributed by atoms with van der Waals surface area (Å²) in [6.07, 6.45) is 6.26. The van der Waals surface area contributed by atoms with Crippen LogP contribution in [-0.4, -0.2) is 37.0 Å². The van der Waals surface area contributed by atoms with Crippen molar-refractivity contribution >= 4 is 35.8 Å². The van der Waals surface area contributed by atoms with Crippen LogP contribution in [0.5, 0.6) is 0 Å². The summed E-state index contributed by atoms with van der Waals surface area (Å²) in [7, 11) is 0. The highest BCUT2D eigenvalue weighted by atomic mass is 127. The summed E-state index contributed by atoms with van der Waals surface area (Å²) >= 11 is 0. The van der Waals surface area contributed by atoms with Crippen molar-refractivity contribution in [3.8, 4) is 0 Å². The first-order chi connectivity index (χ1) is 13.6. The molecule has 2 fully saturated rings. The molecule has 2 aliphatic rings. The van der Waals surface area contributed by atoms with Gasteiger partial charge in [0, 0.05) is 31.1 Å². The van der Waals surface area contributed by atoms with E-state index in [4.69, 9.17) is 0 Å².